The number of anilines is 1. The number of fused-ring (bicyclic) bond motifs is 1. The third kappa shape index (κ3) is 6.96. The van der Waals surface area contributed by atoms with Gasteiger partial charge < -0.3 is 29.4 Å². The lowest BCUT2D eigenvalue weighted by atomic mass is 10.1. The summed E-state index contributed by atoms with van der Waals surface area (Å²) in [6.07, 6.45) is 0.921. The van der Waals surface area contributed by atoms with Crippen LogP contribution in [0, 0.1) is 0 Å². The number of methoxy groups -OCH3 is 1. The summed E-state index contributed by atoms with van der Waals surface area (Å²) in [5.74, 6) is 1.56. The topological polar surface area (TPSA) is 79.1 Å². The fourth-order valence-corrected chi connectivity index (χ4v) is 4.52. The average molecular weight is 511 g/mol. The normalized spacial score (nSPS) is 13.9. The maximum Gasteiger partial charge on any atom is 0.253 e. The molecule has 0 unspecified atom stereocenters. The number of pyridine rings is 1. The zero-order valence-corrected chi connectivity index (χ0v) is 21.7. The van der Waals surface area contributed by atoms with Crippen LogP contribution in [-0.4, -0.2) is 73.0 Å². The van der Waals surface area contributed by atoms with E-state index in [0.29, 0.717) is 23.8 Å². The van der Waals surface area contributed by atoms with Gasteiger partial charge in [-0.05, 0) is 74.1 Å². The SMILES string of the molecule is CCOc1ccc2[nH]c(=O)c(CN(CCCN3CCOCC3)C(=S)Nc3ccc(OC)cc3)cc2c1. The highest BCUT2D eigenvalue weighted by atomic mass is 32.1. The van der Waals surface area contributed by atoms with Gasteiger partial charge in [0.05, 0.1) is 33.5 Å². The van der Waals surface area contributed by atoms with Crippen molar-refractivity contribution in [2.45, 2.75) is 19.9 Å². The van der Waals surface area contributed by atoms with Gasteiger partial charge >= 0.3 is 0 Å². The number of rotatable bonds is 10. The van der Waals surface area contributed by atoms with Gasteiger partial charge in [0, 0.05) is 48.3 Å². The van der Waals surface area contributed by atoms with E-state index in [-0.39, 0.29) is 5.56 Å². The van der Waals surface area contributed by atoms with Gasteiger partial charge in [-0.1, -0.05) is 0 Å². The van der Waals surface area contributed by atoms with Crippen LogP contribution in [0.3, 0.4) is 0 Å². The number of hydrogen-bond donors (Lipinski definition) is 2. The number of aromatic amines is 1. The predicted molar refractivity (Wildman–Crippen MR) is 147 cm³/mol. The summed E-state index contributed by atoms with van der Waals surface area (Å²) in [6, 6.07) is 15.3. The predicted octanol–water partition coefficient (Wildman–Crippen LogP) is 3.86. The molecule has 0 amide bonds. The molecule has 4 rings (SSSR count). The van der Waals surface area contributed by atoms with Gasteiger partial charge in [-0.2, -0.15) is 0 Å². The summed E-state index contributed by atoms with van der Waals surface area (Å²) in [4.78, 5) is 20.4. The molecule has 2 N–H and O–H groups in total. The highest BCUT2D eigenvalue weighted by Crippen LogP contribution is 2.20. The van der Waals surface area contributed by atoms with E-state index in [1.807, 2.05) is 55.5 Å². The smallest absolute Gasteiger partial charge is 0.253 e. The highest BCUT2D eigenvalue weighted by molar-refractivity contribution is 7.80. The molecule has 1 aliphatic rings. The van der Waals surface area contributed by atoms with Crippen LogP contribution >= 0.6 is 12.2 Å². The summed E-state index contributed by atoms with van der Waals surface area (Å²) in [5.41, 5.74) is 2.19. The Hall–Kier alpha value is -3.14. The minimum absolute atomic E-state index is 0.114. The Bertz CT molecular complexity index is 1210. The van der Waals surface area contributed by atoms with Crippen LogP contribution in [-0.2, 0) is 11.3 Å². The molecule has 1 saturated heterocycles. The molecule has 192 valence electrons. The molecule has 0 saturated carbocycles. The van der Waals surface area contributed by atoms with E-state index in [4.69, 9.17) is 26.4 Å². The van der Waals surface area contributed by atoms with Crippen molar-refractivity contribution in [2.75, 3.05) is 58.4 Å². The molecule has 0 spiro atoms. The second-order valence-electron chi connectivity index (χ2n) is 8.69. The maximum absolute atomic E-state index is 12.9. The standard InChI is InChI=1S/C27H34N4O4S/c1-3-35-24-9-10-25-20(18-24)17-21(26(32)29-25)19-31(12-4-11-30-13-15-34-16-14-30)27(36)28-22-5-7-23(33-2)8-6-22/h5-10,17-18H,3-4,11-16,19H2,1-2H3,(H,28,36)(H,29,32). The Balaban J connectivity index is 1.52. The minimum Gasteiger partial charge on any atom is -0.497 e. The molecule has 9 heteroatoms. The van der Waals surface area contributed by atoms with Gasteiger partial charge in [0.15, 0.2) is 5.11 Å². The van der Waals surface area contributed by atoms with Gasteiger partial charge in [-0.3, -0.25) is 9.69 Å². The van der Waals surface area contributed by atoms with Crippen LogP contribution in [0.25, 0.3) is 10.9 Å². The van der Waals surface area contributed by atoms with Crippen molar-refractivity contribution < 1.29 is 14.2 Å². The first-order chi connectivity index (χ1) is 17.6. The molecule has 8 nitrogen and oxygen atoms in total. The van der Waals surface area contributed by atoms with Crippen LogP contribution in [0.1, 0.15) is 18.9 Å². The van der Waals surface area contributed by atoms with Crippen LogP contribution in [0.2, 0.25) is 0 Å². The van der Waals surface area contributed by atoms with Crippen LogP contribution in [0.5, 0.6) is 11.5 Å². The van der Waals surface area contributed by atoms with E-state index in [1.54, 1.807) is 7.11 Å². The van der Waals surface area contributed by atoms with Crippen molar-refractivity contribution in [3.05, 3.63) is 64.4 Å². The molecule has 3 aromatic rings. The number of morpholine rings is 1. The van der Waals surface area contributed by atoms with Gasteiger partial charge in [0.25, 0.3) is 5.56 Å². The van der Waals surface area contributed by atoms with Crippen LogP contribution in [0.15, 0.2) is 53.3 Å². The summed E-state index contributed by atoms with van der Waals surface area (Å²) in [5, 5.41) is 4.82. The van der Waals surface area contributed by atoms with E-state index in [0.717, 1.165) is 73.9 Å². The van der Waals surface area contributed by atoms with E-state index in [2.05, 4.69) is 20.1 Å². The molecule has 1 fully saturated rings. The largest absolute Gasteiger partial charge is 0.497 e. The van der Waals surface area contributed by atoms with Crippen molar-refractivity contribution in [1.29, 1.82) is 0 Å². The van der Waals surface area contributed by atoms with Gasteiger partial charge in [0.1, 0.15) is 11.5 Å². The Morgan fingerprint density at radius 3 is 2.61 bits per heavy atom. The second-order valence-corrected chi connectivity index (χ2v) is 9.08. The fourth-order valence-electron chi connectivity index (χ4n) is 4.25. The van der Waals surface area contributed by atoms with Crippen molar-refractivity contribution in [3.8, 4) is 11.5 Å². The second kappa shape index (κ2) is 12.7. The molecule has 1 aliphatic heterocycles. The molecule has 2 aromatic carbocycles. The molecule has 0 aliphatic carbocycles. The lowest BCUT2D eigenvalue weighted by molar-refractivity contribution is 0.0367. The monoisotopic (exact) mass is 510 g/mol. The van der Waals surface area contributed by atoms with Crippen molar-refractivity contribution in [2.24, 2.45) is 0 Å². The van der Waals surface area contributed by atoms with Gasteiger partial charge in [0.2, 0.25) is 0 Å². The quantitative estimate of drug-likeness (QED) is 0.398. The summed E-state index contributed by atoms with van der Waals surface area (Å²) in [7, 11) is 1.64. The first-order valence-corrected chi connectivity index (χ1v) is 12.8. The highest BCUT2D eigenvalue weighted by Gasteiger charge is 2.16. The molecule has 36 heavy (non-hydrogen) atoms. The number of hydrogen-bond acceptors (Lipinski definition) is 6. The zero-order valence-electron chi connectivity index (χ0n) is 20.9. The number of benzene rings is 2. The maximum atomic E-state index is 12.9. The number of nitrogens with zero attached hydrogens (tertiary/aromatic N) is 2. The lowest BCUT2D eigenvalue weighted by Crippen LogP contribution is -2.40. The zero-order chi connectivity index (χ0) is 25.3. The molecule has 2 heterocycles. The van der Waals surface area contributed by atoms with Crippen molar-refractivity contribution in [3.63, 3.8) is 0 Å². The number of thiocarbonyl (C=S) groups is 1. The van der Waals surface area contributed by atoms with Crippen molar-refractivity contribution in [1.82, 2.24) is 14.8 Å². The minimum atomic E-state index is -0.114. The molecular formula is C27H34N4O4S. The third-order valence-electron chi connectivity index (χ3n) is 6.20. The Morgan fingerprint density at radius 1 is 1.14 bits per heavy atom. The summed E-state index contributed by atoms with van der Waals surface area (Å²) < 4.78 is 16.4. The van der Waals surface area contributed by atoms with Crippen molar-refractivity contribution >= 4 is 33.9 Å². The van der Waals surface area contributed by atoms with E-state index >= 15 is 0 Å². The number of ether oxygens (including phenoxy) is 3. The van der Waals surface area contributed by atoms with E-state index in [1.165, 1.54) is 0 Å². The first kappa shape index (κ1) is 25.9. The molecular weight excluding hydrogens is 476 g/mol. The fraction of sp³-hybridized carbons (Fsp3) is 0.407. The third-order valence-corrected chi connectivity index (χ3v) is 6.56. The Morgan fingerprint density at radius 2 is 1.89 bits per heavy atom. The molecule has 0 radical (unpaired) electrons. The lowest BCUT2D eigenvalue weighted by Gasteiger charge is -2.29. The molecule has 1 aromatic heterocycles. The number of aromatic nitrogens is 1. The van der Waals surface area contributed by atoms with Crippen LogP contribution in [0.4, 0.5) is 5.69 Å². The summed E-state index contributed by atoms with van der Waals surface area (Å²) in [6.45, 7) is 8.05. The van der Waals surface area contributed by atoms with Gasteiger partial charge in [-0.25, -0.2) is 0 Å². The summed E-state index contributed by atoms with van der Waals surface area (Å²) >= 11 is 5.80. The van der Waals surface area contributed by atoms with E-state index in [9.17, 15) is 4.79 Å². The first-order valence-electron chi connectivity index (χ1n) is 12.3. The number of H-pyrrole nitrogens is 1. The Kier molecular flexibility index (Phi) is 9.16. The van der Waals surface area contributed by atoms with Crippen LogP contribution < -0.4 is 20.3 Å². The Labute approximate surface area is 217 Å². The van der Waals surface area contributed by atoms with E-state index < -0.39 is 0 Å². The van der Waals surface area contributed by atoms with Gasteiger partial charge in [-0.15, -0.1) is 0 Å². The average Bonchev–Trinajstić information content (AvgIpc) is 2.90. The molecule has 0 bridgehead atoms. The number of nitrogens with one attached hydrogen (secondary N) is 2. The molecule has 0 atom stereocenters.